The number of nitro groups is 1. The molecular formula is C20H23F2N3O5. The molecule has 2 rings (SSSR count). The zero-order valence-corrected chi connectivity index (χ0v) is 16.6. The van der Waals surface area contributed by atoms with Gasteiger partial charge in [-0.05, 0) is 37.7 Å². The number of non-ortho nitro benzene ring substituents is 1. The lowest BCUT2D eigenvalue weighted by atomic mass is 10.2. The number of nitro benzene ring substituents is 1. The Morgan fingerprint density at radius 3 is 2.67 bits per heavy atom. The molecule has 0 aromatic heterocycles. The van der Waals surface area contributed by atoms with Crippen LogP contribution in [0.1, 0.15) is 18.9 Å². The van der Waals surface area contributed by atoms with Gasteiger partial charge in [-0.25, -0.2) is 0 Å². The van der Waals surface area contributed by atoms with E-state index in [0.29, 0.717) is 25.4 Å². The molecule has 0 unspecified atom stereocenters. The number of carbonyl (C=O) groups excluding carboxylic acids is 1. The number of halogens is 2. The van der Waals surface area contributed by atoms with Gasteiger partial charge < -0.3 is 19.7 Å². The third kappa shape index (κ3) is 7.28. The molecule has 0 heterocycles. The van der Waals surface area contributed by atoms with Gasteiger partial charge in [-0.15, -0.1) is 0 Å². The maximum Gasteiger partial charge on any atom is 0.387 e. The van der Waals surface area contributed by atoms with Crippen LogP contribution in [-0.4, -0.2) is 42.5 Å². The second kappa shape index (κ2) is 11.1. The summed E-state index contributed by atoms with van der Waals surface area (Å²) in [5, 5.41) is 13.4. The van der Waals surface area contributed by atoms with Crippen molar-refractivity contribution in [2.45, 2.75) is 26.5 Å². The van der Waals surface area contributed by atoms with Crippen LogP contribution in [0, 0.1) is 10.1 Å². The Morgan fingerprint density at radius 1 is 1.23 bits per heavy atom. The summed E-state index contributed by atoms with van der Waals surface area (Å²) in [4.78, 5) is 24.3. The molecule has 0 bridgehead atoms. The second-order valence-corrected chi connectivity index (χ2v) is 6.44. The van der Waals surface area contributed by atoms with Crippen LogP contribution in [0.2, 0.25) is 0 Å². The standard InChI is InChI=1S/C20H23F2N3O5/c1-3-29-18-11-14(7-8-17(18)30-20(21)22)13-24(2)10-9-19(26)23-15-5-4-6-16(12-15)25(27)28/h4-8,11-12,20H,3,9-10,13H2,1-2H3,(H,23,26). The molecule has 30 heavy (non-hydrogen) atoms. The fourth-order valence-electron chi connectivity index (χ4n) is 2.72. The lowest BCUT2D eigenvalue weighted by molar-refractivity contribution is -0.384. The topological polar surface area (TPSA) is 93.9 Å². The van der Waals surface area contributed by atoms with Crippen molar-refractivity contribution in [2.75, 3.05) is 25.5 Å². The normalized spacial score (nSPS) is 10.9. The fourth-order valence-corrected chi connectivity index (χ4v) is 2.72. The highest BCUT2D eigenvalue weighted by Crippen LogP contribution is 2.30. The molecule has 8 nitrogen and oxygen atoms in total. The van der Waals surface area contributed by atoms with E-state index in [1.807, 2.05) is 11.9 Å². The first-order valence-corrected chi connectivity index (χ1v) is 9.22. The second-order valence-electron chi connectivity index (χ2n) is 6.44. The Kier molecular flexibility index (Phi) is 8.48. The van der Waals surface area contributed by atoms with Gasteiger partial charge in [0.05, 0.1) is 11.5 Å². The van der Waals surface area contributed by atoms with Crippen LogP contribution in [0.15, 0.2) is 42.5 Å². The summed E-state index contributed by atoms with van der Waals surface area (Å²) in [5.74, 6) is -0.0836. The molecule has 0 saturated heterocycles. The molecule has 0 radical (unpaired) electrons. The van der Waals surface area contributed by atoms with Crippen molar-refractivity contribution < 1.29 is 28.0 Å². The van der Waals surface area contributed by atoms with Gasteiger partial charge in [-0.1, -0.05) is 12.1 Å². The molecule has 0 fully saturated rings. The summed E-state index contributed by atoms with van der Waals surface area (Å²) < 4.78 is 34.8. The number of ether oxygens (including phenoxy) is 2. The predicted octanol–water partition coefficient (Wildman–Crippen LogP) is 4.06. The third-order valence-corrected chi connectivity index (χ3v) is 4.04. The van der Waals surface area contributed by atoms with Crippen LogP contribution in [-0.2, 0) is 11.3 Å². The van der Waals surface area contributed by atoms with Crippen molar-refractivity contribution in [3.05, 3.63) is 58.1 Å². The van der Waals surface area contributed by atoms with E-state index in [4.69, 9.17) is 4.74 Å². The Labute approximate surface area is 172 Å². The molecule has 0 aliphatic carbocycles. The lowest BCUT2D eigenvalue weighted by Gasteiger charge is -2.18. The van der Waals surface area contributed by atoms with E-state index in [9.17, 15) is 23.7 Å². The summed E-state index contributed by atoms with van der Waals surface area (Å²) in [6, 6.07) is 10.4. The van der Waals surface area contributed by atoms with Crippen molar-refractivity contribution in [1.29, 1.82) is 0 Å². The van der Waals surface area contributed by atoms with Gasteiger partial charge in [-0.2, -0.15) is 8.78 Å². The average Bonchev–Trinajstić information content (AvgIpc) is 2.68. The van der Waals surface area contributed by atoms with Crippen molar-refractivity contribution >= 4 is 17.3 Å². The summed E-state index contributed by atoms with van der Waals surface area (Å²) >= 11 is 0. The van der Waals surface area contributed by atoms with Gasteiger partial charge in [-0.3, -0.25) is 14.9 Å². The SMILES string of the molecule is CCOc1cc(CN(C)CCC(=O)Nc2cccc([N+](=O)[O-])c2)ccc1OC(F)F. The maximum absolute atomic E-state index is 12.5. The van der Waals surface area contributed by atoms with Crippen molar-refractivity contribution in [2.24, 2.45) is 0 Å². The zero-order chi connectivity index (χ0) is 22.1. The first-order valence-electron chi connectivity index (χ1n) is 9.22. The number of carbonyl (C=O) groups is 1. The minimum Gasteiger partial charge on any atom is -0.490 e. The third-order valence-electron chi connectivity index (χ3n) is 4.04. The van der Waals surface area contributed by atoms with E-state index in [-0.39, 0.29) is 29.5 Å². The molecule has 0 aliphatic heterocycles. The Hall–Kier alpha value is -3.27. The molecule has 0 aliphatic rings. The minimum atomic E-state index is -2.94. The molecule has 10 heteroatoms. The van der Waals surface area contributed by atoms with Gasteiger partial charge >= 0.3 is 6.61 Å². The number of nitrogens with one attached hydrogen (secondary N) is 1. The summed E-state index contributed by atoms with van der Waals surface area (Å²) in [5.41, 5.74) is 1.06. The number of rotatable bonds is 11. The van der Waals surface area contributed by atoms with Crippen molar-refractivity contribution in [3.8, 4) is 11.5 Å². The van der Waals surface area contributed by atoms with Crippen LogP contribution < -0.4 is 14.8 Å². The van der Waals surface area contributed by atoms with E-state index in [2.05, 4.69) is 10.1 Å². The molecule has 1 N–H and O–H groups in total. The Balaban J connectivity index is 1.90. The number of nitrogens with zero attached hydrogens (tertiary/aromatic N) is 2. The average molecular weight is 423 g/mol. The monoisotopic (exact) mass is 423 g/mol. The van der Waals surface area contributed by atoms with Crippen LogP contribution in [0.3, 0.4) is 0 Å². The number of benzene rings is 2. The number of hydrogen-bond donors (Lipinski definition) is 1. The van der Waals surface area contributed by atoms with E-state index in [1.54, 1.807) is 25.1 Å². The number of alkyl halides is 2. The van der Waals surface area contributed by atoms with Crippen LogP contribution >= 0.6 is 0 Å². The molecule has 162 valence electrons. The van der Waals surface area contributed by atoms with Crippen LogP contribution in [0.4, 0.5) is 20.2 Å². The van der Waals surface area contributed by atoms with Crippen LogP contribution in [0.25, 0.3) is 0 Å². The smallest absolute Gasteiger partial charge is 0.387 e. The number of anilines is 1. The molecular weight excluding hydrogens is 400 g/mol. The summed E-state index contributed by atoms with van der Waals surface area (Å²) in [6.07, 6.45) is 0.171. The van der Waals surface area contributed by atoms with Crippen molar-refractivity contribution in [1.82, 2.24) is 4.90 Å². The molecule has 0 spiro atoms. The largest absolute Gasteiger partial charge is 0.490 e. The molecule has 1 amide bonds. The molecule has 0 saturated carbocycles. The maximum atomic E-state index is 12.5. The molecule has 2 aromatic carbocycles. The highest BCUT2D eigenvalue weighted by atomic mass is 19.3. The van der Waals surface area contributed by atoms with E-state index in [1.165, 1.54) is 24.3 Å². The molecule has 0 atom stereocenters. The lowest BCUT2D eigenvalue weighted by Crippen LogP contribution is -2.24. The zero-order valence-electron chi connectivity index (χ0n) is 16.6. The highest BCUT2D eigenvalue weighted by Gasteiger charge is 2.13. The predicted molar refractivity (Wildman–Crippen MR) is 107 cm³/mol. The molecule has 2 aromatic rings. The van der Waals surface area contributed by atoms with E-state index < -0.39 is 11.5 Å². The minimum absolute atomic E-state index is 0.0328. The van der Waals surface area contributed by atoms with E-state index in [0.717, 1.165) is 5.56 Å². The quantitative estimate of drug-likeness (QED) is 0.433. The number of amides is 1. The Morgan fingerprint density at radius 2 is 2.00 bits per heavy atom. The van der Waals surface area contributed by atoms with Gasteiger partial charge in [0, 0.05) is 37.3 Å². The Bertz CT molecular complexity index is 879. The summed E-state index contributed by atoms with van der Waals surface area (Å²) in [7, 11) is 1.81. The first-order chi connectivity index (χ1) is 14.3. The highest BCUT2D eigenvalue weighted by molar-refractivity contribution is 5.91. The van der Waals surface area contributed by atoms with E-state index >= 15 is 0 Å². The van der Waals surface area contributed by atoms with Gasteiger partial charge in [0.25, 0.3) is 5.69 Å². The summed E-state index contributed by atoms with van der Waals surface area (Å²) in [6.45, 7) is -0.0249. The first kappa shape index (κ1) is 23.0. The van der Waals surface area contributed by atoms with Crippen LogP contribution in [0.5, 0.6) is 11.5 Å². The number of hydrogen-bond acceptors (Lipinski definition) is 6. The van der Waals surface area contributed by atoms with Gasteiger partial charge in [0.2, 0.25) is 5.91 Å². The van der Waals surface area contributed by atoms with Gasteiger partial charge in [0.15, 0.2) is 11.5 Å². The van der Waals surface area contributed by atoms with Crippen molar-refractivity contribution in [3.63, 3.8) is 0 Å². The van der Waals surface area contributed by atoms with Gasteiger partial charge in [0.1, 0.15) is 0 Å². The fraction of sp³-hybridized carbons (Fsp3) is 0.350.